The number of hydrogen-bond acceptors (Lipinski definition) is 21. The molecule has 7 fully saturated rings. The second kappa shape index (κ2) is 52.5. The lowest BCUT2D eigenvalue weighted by atomic mass is 8.68. The molecule has 0 aromatic carbocycles. The third kappa shape index (κ3) is 39.6. The molecule has 111 heavy (non-hydrogen) atoms. The van der Waals surface area contributed by atoms with Crippen molar-refractivity contribution in [2.75, 3.05) is 51.7 Å². The summed E-state index contributed by atoms with van der Waals surface area (Å²) < 4.78 is 24.4. The van der Waals surface area contributed by atoms with Gasteiger partial charge in [0.2, 0.25) is 0 Å². The van der Waals surface area contributed by atoms with E-state index < -0.39 is 36.5 Å². The molecule has 0 spiro atoms. The molecule has 7 aliphatic rings. The van der Waals surface area contributed by atoms with Gasteiger partial charge in [-0.2, -0.15) is 20.4 Å². The zero-order valence-corrected chi connectivity index (χ0v) is 71.6. The normalized spacial score (nSPS) is 16.4. The number of anilines is 2. The van der Waals surface area contributed by atoms with Gasteiger partial charge in [0.15, 0.2) is 21.7 Å². The predicted octanol–water partition coefficient (Wildman–Crippen LogP) is 11.2. The van der Waals surface area contributed by atoms with Gasteiger partial charge >= 0.3 is 11.9 Å². The summed E-state index contributed by atoms with van der Waals surface area (Å²) in [4.78, 5) is 90.3. The zero-order chi connectivity index (χ0) is 81.1. The fourth-order valence-electron chi connectivity index (χ4n) is 10.1. The molecule has 5 saturated carbocycles. The van der Waals surface area contributed by atoms with Crippen molar-refractivity contribution in [2.24, 2.45) is 23.5 Å². The van der Waals surface area contributed by atoms with Crippen LogP contribution in [0.1, 0.15) is 190 Å². The molecule has 3 atom stereocenters. The molecular weight excluding hydrogens is 1690 g/mol. The summed E-state index contributed by atoms with van der Waals surface area (Å²) in [5.74, 6) is 6.75. The maximum Gasteiger partial charge on any atom is 0.330 e. The number of nitrogens with zero attached hydrogens (tertiary/aromatic N) is 8. The van der Waals surface area contributed by atoms with E-state index in [1.807, 2.05) is 0 Å². The van der Waals surface area contributed by atoms with E-state index in [1.165, 1.54) is 122 Å². The molecule has 3 unspecified atom stereocenters. The monoisotopic (exact) mass is 1780 g/mol. The molecule has 13 rings (SSSR count). The minimum atomic E-state index is -0.630. The first kappa shape index (κ1) is 99.2. The average molecular weight is 1780 g/mol. The highest BCUT2D eigenvalue weighted by molar-refractivity contribution is 9.10. The Kier molecular flexibility index (Phi) is 46.9. The van der Waals surface area contributed by atoms with E-state index >= 15 is 0 Å². The lowest BCUT2D eigenvalue weighted by molar-refractivity contribution is -0.146. The number of carbonyl (C=O) groups is 7. The molecule has 4 amide bonds. The molecule has 2 aliphatic heterocycles. The Morgan fingerprint density at radius 1 is 0.595 bits per heavy atom. The number of H-pyrrole nitrogens is 2. The van der Waals surface area contributed by atoms with Crippen molar-refractivity contribution in [1.29, 1.82) is 0 Å². The summed E-state index contributed by atoms with van der Waals surface area (Å²) in [5.41, 5.74) is 11.2. The van der Waals surface area contributed by atoms with E-state index in [1.54, 1.807) is 6.20 Å². The Labute approximate surface area is 713 Å². The fourth-order valence-corrected chi connectivity index (χ4v) is 13.3. The van der Waals surface area contributed by atoms with Gasteiger partial charge in [0.05, 0.1) is 59.1 Å². The number of carbonyl (C=O) groups excluding carboxylic acids is 7. The van der Waals surface area contributed by atoms with Gasteiger partial charge in [-0.3, -0.25) is 48.3 Å². The number of methoxy groups -OCH3 is 2. The number of alkyl halides is 1. The molecule has 594 valence electrons. The van der Waals surface area contributed by atoms with Crippen molar-refractivity contribution in [3.63, 3.8) is 0 Å². The second-order valence-corrected chi connectivity index (χ2v) is 37.3. The van der Waals surface area contributed by atoms with E-state index in [-0.39, 0.29) is 106 Å². The molecule has 8 heterocycles. The van der Waals surface area contributed by atoms with Crippen LogP contribution in [-0.4, -0.2) is 232 Å². The van der Waals surface area contributed by atoms with Crippen molar-refractivity contribution in [3.05, 3.63) is 88.7 Å². The van der Waals surface area contributed by atoms with Crippen molar-refractivity contribution in [3.8, 4) is 0 Å². The van der Waals surface area contributed by atoms with Gasteiger partial charge in [0.1, 0.15) is 37.0 Å². The number of aromatic nitrogens is 10. The molecule has 6 aromatic heterocycles. The number of nitrogens with two attached hydrogens (primary N) is 2. The van der Waals surface area contributed by atoms with Crippen molar-refractivity contribution >= 4 is 243 Å². The van der Waals surface area contributed by atoms with Crippen molar-refractivity contribution in [2.45, 2.75) is 194 Å². The van der Waals surface area contributed by atoms with Crippen LogP contribution in [0.4, 0.5) is 10.3 Å². The first-order valence-corrected chi connectivity index (χ1v) is 44.7. The molecule has 5 aliphatic carbocycles. The molecule has 10 radical (unpaired) electrons. The summed E-state index contributed by atoms with van der Waals surface area (Å²) >= 11 is 45.6. The van der Waals surface area contributed by atoms with Gasteiger partial charge in [0, 0.05) is 121 Å². The highest BCUT2D eigenvalue weighted by Gasteiger charge is 2.34. The number of rotatable bonds is 21. The fraction of sp³-hybridized carbons (Fsp3) is 0.615. The number of amides is 4. The number of thiazole rings is 2. The predicted molar refractivity (Wildman–Crippen MR) is 456 cm³/mol. The summed E-state index contributed by atoms with van der Waals surface area (Å²) in [5, 5.41) is 33.4. The average Bonchev–Trinajstić information content (AvgIpc) is 1.68. The minimum Gasteiger partial charge on any atom is -0.468 e. The molecule has 27 nitrogen and oxygen atoms in total. The van der Waals surface area contributed by atoms with Crippen LogP contribution in [0.25, 0.3) is 0 Å². The van der Waals surface area contributed by atoms with Crippen LogP contribution in [0.3, 0.4) is 0 Å². The maximum absolute atomic E-state index is 13.1. The second-order valence-electron chi connectivity index (χ2n) is 27.4. The largest absolute Gasteiger partial charge is 0.468 e. The molecular formula is C65H93AlB8BrCl7N16O11S2. The summed E-state index contributed by atoms with van der Waals surface area (Å²) in [6.07, 6.45) is 27.8. The summed E-state index contributed by atoms with van der Waals surface area (Å²) in [6, 6.07) is 0.132. The number of nitrogens with one attached hydrogen (secondary N) is 6. The SMILES string of the molecule is C.COC(=O)C(Br)CC1CCCCC1.COC(=O)C(CC1CCOCC1)n1cc(Cl)c(C(=O)NC2CC2)n1.NC1CC1.Nc1ncc(Cl)s1.O=C(Cl)c1[nH]ncc1Cl.O=C(NC1CC1)c1[nH]ncc1Cl.O=C(NC1CC1)c1nn(C(CC2CCOCC2)C(=O)Nc2ncc(Cl)s2)cc1Cl.[B]B([B])B([B])B([B])[B].[CH3][Al]([CH3])[CH3]. The smallest absolute Gasteiger partial charge is 0.330 e. The zero-order valence-electron chi connectivity index (χ0n) is 62.0. The number of nitrogen functional groups attached to an aromatic ring is 1. The van der Waals surface area contributed by atoms with Gasteiger partial charge in [-0.05, 0) is 126 Å². The van der Waals surface area contributed by atoms with Crippen LogP contribution >= 0.6 is 120 Å². The van der Waals surface area contributed by atoms with Crippen LogP contribution in [0.5, 0.6) is 0 Å². The van der Waals surface area contributed by atoms with Crippen LogP contribution in [0, 0.1) is 17.8 Å². The number of hydrogen-bond donors (Lipinski definition) is 8. The van der Waals surface area contributed by atoms with Crippen LogP contribution in [0.2, 0.25) is 46.1 Å². The molecule has 6 aromatic rings. The highest BCUT2D eigenvalue weighted by Crippen LogP contribution is 2.34. The van der Waals surface area contributed by atoms with Gasteiger partial charge < -0.3 is 51.7 Å². The Balaban J connectivity index is 0.000000283. The van der Waals surface area contributed by atoms with E-state index in [4.69, 9.17) is 146 Å². The van der Waals surface area contributed by atoms with E-state index in [2.05, 4.69) is 99.9 Å². The number of esters is 2. The molecule has 2 saturated heterocycles. The Hall–Kier alpha value is -4.17. The first-order valence-electron chi connectivity index (χ1n) is 36.0. The van der Waals surface area contributed by atoms with E-state index in [0.717, 1.165) is 76.5 Å². The third-order valence-corrected chi connectivity index (χ3v) is 20.8. The summed E-state index contributed by atoms with van der Waals surface area (Å²) in [7, 11) is 28.6. The number of aromatic amines is 2. The maximum atomic E-state index is 13.1. The van der Waals surface area contributed by atoms with Crippen molar-refractivity contribution in [1.82, 2.24) is 65.9 Å². The number of halogens is 8. The van der Waals surface area contributed by atoms with Crippen LogP contribution in [0.15, 0.2) is 37.2 Å². The summed E-state index contributed by atoms with van der Waals surface area (Å²) in [6.45, 7) is 2.76. The minimum absolute atomic E-state index is 0. The standard InChI is InChI=1S/C18H21Cl2N5O3S.C16H22ClN3O4.C10H17BrO2.C7H8ClN3O.C4H2Cl2N2O.C3H3ClN2S.C3H7N.CH4.3CH3.Al.B8/c19-12-9-25(24-15(12)17(27)22-11-1-2-11)13(7-10-3-5-28-6-4-10)16(26)23-18-21-8-14(20)29-18;1-23-16(22)13(8-10-4-6-24-7-5-10)20-9-12(17)14(19-20)15(21)18-11-2-3-11;1-13-10(12)9(11)7-8-5-3-2-4-6-8;8-5-3-9-11-6(5)7(12)10-4-1-2-4;5-2-1-7-8-3(2)4(6)9;4-2-1-6-3(5)7-2;4-3-1-2-3;;;;;;1-6(2)8(5)7(3)4/h8-11,13H,1-7H2,(H,22,27)(H,21,23,26);9-11,13H,2-8H2,1H3,(H,18,21);8-9H,2-7H2,1H3;3-4H,1-2H2,(H,9,11)(H,10,12);1H,(H,7,8);1H,(H2,5,6);3H,1-2,4H2;1H4;3*1H3;;. The van der Waals surface area contributed by atoms with Gasteiger partial charge in [-0.15, -0.1) is 17.4 Å². The first-order chi connectivity index (χ1) is 52.3. The quantitative estimate of drug-likeness (QED) is 0.0144. The lowest BCUT2D eigenvalue weighted by Gasteiger charge is -2.26. The molecule has 10 N–H and O–H groups in total. The topological polar surface area (TPSA) is 375 Å². The highest BCUT2D eigenvalue weighted by atomic mass is 79.9. The van der Waals surface area contributed by atoms with Gasteiger partial charge in [0.25, 0.3) is 43.0 Å². The molecule has 46 heteroatoms. The third-order valence-electron chi connectivity index (χ3n) is 16.8. The van der Waals surface area contributed by atoms with Crippen LogP contribution < -0.4 is 32.7 Å². The Morgan fingerprint density at radius 2 is 1.00 bits per heavy atom. The Bertz CT molecular complexity index is 3770. The van der Waals surface area contributed by atoms with Gasteiger partial charge in [-0.25, -0.2) is 14.8 Å². The number of ether oxygens (including phenoxy) is 4. The molecule has 0 bridgehead atoms. The van der Waals surface area contributed by atoms with E-state index in [0.29, 0.717) is 92.8 Å². The van der Waals surface area contributed by atoms with E-state index in [9.17, 15) is 33.6 Å². The Morgan fingerprint density at radius 3 is 1.33 bits per heavy atom. The lowest BCUT2D eigenvalue weighted by Crippen LogP contribution is -2.52. The van der Waals surface area contributed by atoms with Gasteiger partial charge in [-0.1, -0.05) is 148 Å². The van der Waals surface area contributed by atoms with Crippen molar-refractivity contribution < 1.29 is 52.5 Å². The van der Waals surface area contributed by atoms with Crippen LogP contribution in [-0.2, 0) is 33.3 Å².